The average molecular weight is 294 g/mol. The summed E-state index contributed by atoms with van der Waals surface area (Å²) in [6.45, 7) is 1.85. The highest BCUT2D eigenvalue weighted by molar-refractivity contribution is 6.31. The first-order valence-corrected chi connectivity index (χ1v) is 6.67. The molecule has 0 aliphatic heterocycles. The van der Waals surface area contributed by atoms with Gasteiger partial charge in [0, 0.05) is 10.6 Å². The zero-order chi connectivity index (χ0) is 14.8. The first-order valence-electron chi connectivity index (χ1n) is 6.30. The lowest BCUT2D eigenvalue weighted by Crippen LogP contribution is -2.36. The maximum absolute atomic E-state index is 13.4. The van der Waals surface area contributed by atoms with E-state index in [2.05, 4.69) is 0 Å². The molecule has 1 unspecified atom stereocenters. The van der Waals surface area contributed by atoms with Crippen molar-refractivity contribution in [1.82, 2.24) is 0 Å². The predicted molar refractivity (Wildman–Crippen MR) is 79.6 cm³/mol. The van der Waals surface area contributed by atoms with E-state index in [1.54, 1.807) is 7.11 Å². The molecule has 20 heavy (non-hydrogen) atoms. The van der Waals surface area contributed by atoms with Crippen LogP contribution in [0.5, 0.6) is 5.75 Å². The Morgan fingerprint density at radius 1 is 1.20 bits per heavy atom. The lowest BCUT2D eigenvalue weighted by molar-refractivity contribution is 0.414. The minimum absolute atomic E-state index is 0.337. The molecule has 0 aliphatic carbocycles. The minimum Gasteiger partial charge on any atom is -0.497 e. The molecular formula is C16H17ClFNO. The molecule has 0 amide bonds. The van der Waals surface area contributed by atoms with Gasteiger partial charge in [-0.05, 0) is 54.8 Å². The Balaban J connectivity index is 2.27. The number of benzene rings is 2. The van der Waals surface area contributed by atoms with Gasteiger partial charge in [-0.3, -0.25) is 0 Å². The minimum atomic E-state index is -0.742. The zero-order valence-corrected chi connectivity index (χ0v) is 12.2. The van der Waals surface area contributed by atoms with Gasteiger partial charge in [-0.15, -0.1) is 0 Å². The summed E-state index contributed by atoms with van der Waals surface area (Å²) in [7, 11) is 1.62. The van der Waals surface area contributed by atoms with E-state index in [4.69, 9.17) is 22.1 Å². The number of nitrogens with two attached hydrogens (primary N) is 1. The molecule has 0 aliphatic rings. The first-order chi connectivity index (χ1) is 9.42. The molecule has 106 valence electrons. The third kappa shape index (κ3) is 3.30. The maximum atomic E-state index is 13.4. The third-order valence-electron chi connectivity index (χ3n) is 3.27. The van der Waals surface area contributed by atoms with E-state index in [0.29, 0.717) is 17.0 Å². The third-order valence-corrected chi connectivity index (χ3v) is 3.60. The van der Waals surface area contributed by atoms with Crippen LogP contribution in [0.15, 0.2) is 42.5 Å². The van der Waals surface area contributed by atoms with Crippen LogP contribution in [0.3, 0.4) is 0 Å². The number of methoxy groups -OCH3 is 1. The number of hydrogen-bond acceptors (Lipinski definition) is 2. The first kappa shape index (κ1) is 14.8. The SMILES string of the molecule is COc1ccc(CC(C)(N)c2cc(F)ccc2Cl)cc1. The Morgan fingerprint density at radius 2 is 1.85 bits per heavy atom. The quantitative estimate of drug-likeness (QED) is 0.928. The number of rotatable bonds is 4. The smallest absolute Gasteiger partial charge is 0.123 e. The van der Waals surface area contributed by atoms with Crippen molar-refractivity contribution in [2.24, 2.45) is 5.73 Å². The second-order valence-corrected chi connectivity index (χ2v) is 5.47. The molecular weight excluding hydrogens is 277 g/mol. The largest absolute Gasteiger partial charge is 0.497 e. The van der Waals surface area contributed by atoms with E-state index in [-0.39, 0.29) is 5.82 Å². The van der Waals surface area contributed by atoms with Crippen LogP contribution in [0.4, 0.5) is 4.39 Å². The summed E-state index contributed by atoms with van der Waals surface area (Å²) >= 11 is 6.13. The highest BCUT2D eigenvalue weighted by Crippen LogP contribution is 2.30. The van der Waals surface area contributed by atoms with E-state index < -0.39 is 5.54 Å². The second kappa shape index (κ2) is 5.81. The fraction of sp³-hybridized carbons (Fsp3) is 0.250. The molecule has 1 atom stereocenters. The molecule has 2 nitrogen and oxygen atoms in total. The highest BCUT2D eigenvalue weighted by Gasteiger charge is 2.25. The van der Waals surface area contributed by atoms with E-state index in [0.717, 1.165) is 11.3 Å². The molecule has 0 heterocycles. The molecule has 2 aromatic rings. The average Bonchev–Trinajstić information content (AvgIpc) is 2.42. The van der Waals surface area contributed by atoms with Gasteiger partial charge in [-0.2, -0.15) is 0 Å². The second-order valence-electron chi connectivity index (χ2n) is 5.07. The Bertz CT molecular complexity index is 596. The van der Waals surface area contributed by atoms with E-state index >= 15 is 0 Å². The molecule has 4 heteroatoms. The Hall–Kier alpha value is -1.58. The van der Waals surface area contributed by atoms with Crippen molar-refractivity contribution >= 4 is 11.6 Å². The lowest BCUT2D eigenvalue weighted by Gasteiger charge is -2.26. The summed E-state index contributed by atoms with van der Waals surface area (Å²) < 4.78 is 18.5. The van der Waals surface area contributed by atoms with Crippen LogP contribution >= 0.6 is 11.6 Å². The summed E-state index contributed by atoms with van der Waals surface area (Å²) in [5.41, 5.74) is 7.23. The van der Waals surface area contributed by atoms with Crippen molar-refractivity contribution in [3.05, 3.63) is 64.4 Å². The van der Waals surface area contributed by atoms with Crippen molar-refractivity contribution in [2.45, 2.75) is 18.9 Å². The monoisotopic (exact) mass is 293 g/mol. The van der Waals surface area contributed by atoms with Crippen molar-refractivity contribution in [1.29, 1.82) is 0 Å². The van der Waals surface area contributed by atoms with Gasteiger partial charge >= 0.3 is 0 Å². The highest BCUT2D eigenvalue weighted by atomic mass is 35.5. The summed E-state index contributed by atoms with van der Waals surface area (Å²) in [4.78, 5) is 0. The van der Waals surface area contributed by atoms with Crippen LogP contribution in [-0.4, -0.2) is 7.11 Å². The fourth-order valence-corrected chi connectivity index (χ4v) is 2.53. The van der Waals surface area contributed by atoms with Gasteiger partial charge in [0.15, 0.2) is 0 Å². The van der Waals surface area contributed by atoms with Gasteiger partial charge in [0.05, 0.1) is 7.11 Å². The topological polar surface area (TPSA) is 35.2 Å². The summed E-state index contributed by atoms with van der Waals surface area (Å²) in [6, 6.07) is 11.9. The fourth-order valence-electron chi connectivity index (χ4n) is 2.20. The van der Waals surface area contributed by atoms with Gasteiger partial charge in [0.25, 0.3) is 0 Å². The van der Waals surface area contributed by atoms with Crippen LogP contribution in [0.2, 0.25) is 5.02 Å². The summed E-state index contributed by atoms with van der Waals surface area (Å²) in [5, 5.41) is 0.477. The zero-order valence-electron chi connectivity index (χ0n) is 11.5. The lowest BCUT2D eigenvalue weighted by atomic mass is 9.86. The van der Waals surface area contributed by atoms with E-state index in [1.807, 2.05) is 31.2 Å². The molecule has 2 rings (SSSR count). The molecule has 0 bridgehead atoms. The van der Waals surface area contributed by atoms with Crippen LogP contribution in [0.1, 0.15) is 18.1 Å². The van der Waals surface area contributed by atoms with Crippen LogP contribution in [-0.2, 0) is 12.0 Å². The van der Waals surface area contributed by atoms with Crippen LogP contribution in [0.25, 0.3) is 0 Å². The van der Waals surface area contributed by atoms with Gasteiger partial charge in [0.1, 0.15) is 11.6 Å². The molecule has 0 aromatic heterocycles. The van der Waals surface area contributed by atoms with Crippen molar-refractivity contribution in [2.75, 3.05) is 7.11 Å². The molecule has 0 spiro atoms. The Labute approximate surface area is 123 Å². The van der Waals surface area contributed by atoms with Gasteiger partial charge < -0.3 is 10.5 Å². The number of hydrogen-bond donors (Lipinski definition) is 1. The van der Waals surface area contributed by atoms with E-state index in [9.17, 15) is 4.39 Å². The normalized spacial score (nSPS) is 13.8. The predicted octanol–water partition coefficient (Wildman–Crippen LogP) is 3.90. The van der Waals surface area contributed by atoms with Gasteiger partial charge in [-0.1, -0.05) is 23.7 Å². The Morgan fingerprint density at radius 3 is 2.45 bits per heavy atom. The molecule has 0 saturated heterocycles. The summed E-state index contributed by atoms with van der Waals surface area (Å²) in [5.74, 6) is 0.451. The van der Waals surface area contributed by atoms with Crippen molar-refractivity contribution in [3.63, 3.8) is 0 Å². The van der Waals surface area contributed by atoms with E-state index in [1.165, 1.54) is 18.2 Å². The summed E-state index contributed by atoms with van der Waals surface area (Å²) in [6.07, 6.45) is 0.556. The maximum Gasteiger partial charge on any atom is 0.123 e. The van der Waals surface area contributed by atoms with Crippen molar-refractivity contribution in [3.8, 4) is 5.75 Å². The molecule has 0 fully saturated rings. The molecule has 0 radical (unpaired) electrons. The molecule has 2 aromatic carbocycles. The number of ether oxygens (including phenoxy) is 1. The van der Waals surface area contributed by atoms with Crippen LogP contribution < -0.4 is 10.5 Å². The molecule has 2 N–H and O–H groups in total. The van der Waals surface area contributed by atoms with Crippen LogP contribution in [0, 0.1) is 5.82 Å². The molecule has 0 saturated carbocycles. The van der Waals surface area contributed by atoms with Gasteiger partial charge in [0.2, 0.25) is 0 Å². The number of halogens is 2. The standard InChI is InChI=1S/C16H17ClFNO/c1-16(19,14-9-12(18)5-8-15(14)17)10-11-3-6-13(20-2)7-4-11/h3-9H,10,19H2,1-2H3. The Kier molecular flexibility index (Phi) is 4.31. The van der Waals surface area contributed by atoms with Gasteiger partial charge in [-0.25, -0.2) is 4.39 Å². The van der Waals surface area contributed by atoms with Crippen molar-refractivity contribution < 1.29 is 9.13 Å².